The zero-order chi connectivity index (χ0) is 14.3. The SMILES string of the molecule is CCCC(C)COc1ccc(C(C)=NO)cc1OC. The highest BCUT2D eigenvalue weighted by molar-refractivity contribution is 5.98. The van der Waals surface area contributed by atoms with E-state index in [2.05, 4.69) is 19.0 Å². The normalized spacial score (nSPS) is 13.2. The van der Waals surface area contributed by atoms with Crippen LogP contribution in [-0.4, -0.2) is 24.6 Å². The second-order valence-corrected chi connectivity index (χ2v) is 4.76. The Labute approximate surface area is 115 Å². The zero-order valence-corrected chi connectivity index (χ0v) is 12.1. The van der Waals surface area contributed by atoms with Crippen molar-refractivity contribution in [3.05, 3.63) is 23.8 Å². The number of hydrogen-bond acceptors (Lipinski definition) is 4. The standard InChI is InChI=1S/C15H23NO3/c1-5-6-11(2)10-19-14-8-7-13(12(3)16-17)9-15(14)18-4/h7-9,11,17H,5-6,10H2,1-4H3. The molecule has 19 heavy (non-hydrogen) atoms. The lowest BCUT2D eigenvalue weighted by atomic mass is 10.1. The summed E-state index contributed by atoms with van der Waals surface area (Å²) in [6.07, 6.45) is 2.31. The van der Waals surface area contributed by atoms with Crippen molar-refractivity contribution in [2.24, 2.45) is 11.1 Å². The summed E-state index contributed by atoms with van der Waals surface area (Å²) in [5, 5.41) is 12.0. The van der Waals surface area contributed by atoms with Gasteiger partial charge >= 0.3 is 0 Å². The molecule has 0 aliphatic heterocycles. The summed E-state index contributed by atoms with van der Waals surface area (Å²) in [6, 6.07) is 5.52. The number of hydrogen-bond donors (Lipinski definition) is 1. The van der Waals surface area contributed by atoms with Crippen LogP contribution >= 0.6 is 0 Å². The molecule has 0 bridgehead atoms. The van der Waals surface area contributed by atoms with E-state index in [0.29, 0.717) is 24.0 Å². The number of oxime groups is 1. The maximum absolute atomic E-state index is 8.77. The van der Waals surface area contributed by atoms with Gasteiger partial charge in [0.05, 0.1) is 19.4 Å². The fourth-order valence-corrected chi connectivity index (χ4v) is 1.88. The Bertz CT molecular complexity index is 429. The van der Waals surface area contributed by atoms with Crippen LogP contribution in [0.3, 0.4) is 0 Å². The molecule has 1 aromatic carbocycles. The molecule has 4 nitrogen and oxygen atoms in total. The van der Waals surface area contributed by atoms with E-state index in [4.69, 9.17) is 14.7 Å². The molecule has 0 fully saturated rings. The summed E-state index contributed by atoms with van der Waals surface area (Å²) in [5.41, 5.74) is 1.36. The number of nitrogens with zero attached hydrogens (tertiary/aromatic N) is 1. The van der Waals surface area contributed by atoms with Crippen LogP contribution in [0.4, 0.5) is 0 Å². The smallest absolute Gasteiger partial charge is 0.161 e. The lowest BCUT2D eigenvalue weighted by Crippen LogP contribution is -2.09. The van der Waals surface area contributed by atoms with Crippen LogP contribution in [0.5, 0.6) is 11.5 Å². The van der Waals surface area contributed by atoms with Gasteiger partial charge in [0.15, 0.2) is 11.5 Å². The minimum atomic E-state index is 0.523. The van der Waals surface area contributed by atoms with E-state index >= 15 is 0 Å². The molecule has 1 N–H and O–H groups in total. The monoisotopic (exact) mass is 265 g/mol. The van der Waals surface area contributed by atoms with E-state index < -0.39 is 0 Å². The van der Waals surface area contributed by atoms with Gasteiger partial charge in [0.25, 0.3) is 0 Å². The molecule has 1 unspecified atom stereocenters. The second kappa shape index (κ2) is 7.67. The Hall–Kier alpha value is -1.71. The van der Waals surface area contributed by atoms with Crippen molar-refractivity contribution in [3.8, 4) is 11.5 Å². The van der Waals surface area contributed by atoms with Gasteiger partial charge in [-0.2, -0.15) is 0 Å². The molecule has 0 amide bonds. The quantitative estimate of drug-likeness (QED) is 0.464. The predicted molar refractivity (Wildman–Crippen MR) is 76.6 cm³/mol. The molecule has 0 saturated carbocycles. The maximum atomic E-state index is 8.77. The van der Waals surface area contributed by atoms with Crippen LogP contribution in [0, 0.1) is 5.92 Å². The van der Waals surface area contributed by atoms with Crippen molar-refractivity contribution in [1.29, 1.82) is 0 Å². The molecular weight excluding hydrogens is 242 g/mol. The third-order valence-corrected chi connectivity index (χ3v) is 3.04. The van der Waals surface area contributed by atoms with Crippen molar-refractivity contribution in [3.63, 3.8) is 0 Å². The summed E-state index contributed by atoms with van der Waals surface area (Å²) < 4.78 is 11.1. The molecule has 4 heteroatoms. The van der Waals surface area contributed by atoms with Crippen LogP contribution in [0.2, 0.25) is 0 Å². The fraction of sp³-hybridized carbons (Fsp3) is 0.533. The number of benzene rings is 1. The minimum Gasteiger partial charge on any atom is -0.493 e. The lowest BCUT2D eigenvalue weighted by molar-refractivity contribution is 0.240. The molecule has 0 spiro atoms. The topological polar surface area (TPSA) is 51.0 Å². The van der Waals surface area contributed by atoms with Crippen molar-refractivity contribution in [2.45, 2.75) is 33.6 Å². The van der Waals surface area contributed by atoms with E-state index in [1.807, 2.05) is 18.2 Å². The molecule has 0 aliphatic rings. The number of ether oxygens (including phenoxy) is 2. The van der Waals surface area contributed by atoms with Gasteiger partial charge in [-0.1, -0.05) is 25.4 Å². The first-order chi connectivity index (χ1) is 9.12. The Kier molecular flexibility index (Phi) is 6.19. The highest BCUT2D eigenvalue weighted by Gasteiger charge is 2.09. The lowest BCUT2D eigenvalue weighted by Gasteiger charge is -2.15. The van der Waals surface area contributed by atoms with E-state index in [1.54, 1.807) is 14.0 Å². The zero-order valence-electron chi connectivity index (χ0n) is 12.1. The predicted octanol–water partition coefficient (Wildman–Crippen LogP) is 3.71. The maximum Gasteiger partial charge on any atom is 0.161 e. The van der Waals surface area contributed by atoms with E-state index in [9.17, 15) is 0 Å². The second-order valence-electron chi connectivity index (χ2n) is 4.76. The molecule has 0 aromatic heterocycles. The van der Waals surface area contributed by atoms with Gasteiger partial charge in [0.2, 0.25) is 0 Å². The molecule has 0 aliphatic carbocycles. The molecule has 1 aromatic rings. The summed E-state index contributed by atoms with van der Waals surface area (Å²) in [7, 11) is 1.60. The van der Waals surface area contributed by atoms with Gasteiger partial charge in [0, 0.05) is 5.56 Å². The van der Waals surface area contributed by atoms with Crippen molar-refractivity contribution >= 4 is 5.71 Å². The molecule has 0 heterocycles. The Balaban J connectivity index is 2.79. The Morgan fingerprint density at radius 1 is 1.37 bits per heavy atom. The van der Waals surface area contributed by atoms with Crippen LogP contribution < -0.4 is 9.47 Å². The van der Waals surface area contributed by atoms with E-state index in [0.717, 1.165) is 24.2 Å². The first-order valence-electron chi connectivity index (χ1n) is 6.62. The van der Waals surface area contributed by atoms with Gasteiger partial charge in [-0.15, -0.1) is 0 Å². The summed E-state index contributed by atoms with van der Waals surface area (Å²) in [5.74, 6) is 1.90. The number of methoxy groups -OCH3 is 1. The van der Waals surface area contributed by atoms with Gasteiger partial charge in [-0.3, -0.25) is 0 Å². The molecule has 1 rings (SSSR count). The molecule has 0 saturated heterocycles. The first-order valence-corrected chi connectivity index (χ1v) is 6.62. The molecular formula is C15H23NO3. The van der Waals surface area contributed by atoms with Crippen LogP contribution in [-0.2, 0) is 0 Å². The van der Waals surface area contributed by atoms with Gasteiger partial charge in [-0.25, -0.2) is 0 Å². The van der Waals surface area contributed by atoms with Crippen molar-refractivity contribution in [2.75, 3.05) is 13.7 Å². The van der Waals surface area contributed by atoms with Gasteiger partial charge < -0.3 is 14.7 Å². The van der Waals surface area contributed by atoms with Gasteiger partial charge in [0.1, 0.15) is 0 Å². The minimum absolute atomic E-state index is 0.523. The third-order valence-electron chi connectivity index (χ3n) is 3.04. The van der Waals surface area contributed by atoms with Crippen LogP contribution in [0.1, 0.15) is 39.2 Å². The first kappa shape index (κ1) is 15.3. The largest absolute Gasteiger partial charge is 0.493 e. The van der Waals surface area contributed by atoms with Crippen molar-refractivity contribution < 1.29 is 14.7 Å². The van der Waals surface area contributed by atoms with Crippen molar-refractivity contribution in [1.82, 2.24) is 0 Å². The average Bonchev–Trinajstić information content (AvgIpc) is 2.44. The summed E-state index contributed by atoms with van der Waals surface area (Å²) in [6.45, 7) is 6.75. The fourth-order valence-electron chi connectivity index (χ4n) is 1.88. The Morgan fingerprint density at radius 3 is 2.68 bits per heavy atom. The molecule has 1 atom stereocenters. The Morgan fingerprint density at radius 2 is 2.11 bits per heavy atom. The number of rotatable bonds is 7. The van der Waals surface area contributed by atoms with E-state index in [-0.39, 0.29) is 0 Å². The molecule has 106 valence electrons. The van der Waals surface area contributed by atoms with Crippen LogP contribution in [0.25, 0.3) is 0 Å². The third kappa shape index (κ3) is 4.47. The van der Waals surface area contributed by atoms with Gasteiger partial charge in [-0.05, 0) is 37.5 Å². The molecule has 0 radical (unpaired) electrons. The summed E-state index contributed by atoms with van der Waals surface area (Å²) >= 11 is 0. The van der Waals surface area contributed by atoms with E-state index in [1.165, 1.54) is 0 Å². The summed E-state index contributed by atoms with van der Waals surface area (Å²) in [4.78, 5) is 0. The highest BCUT2D eigenvalue weighted by Crippen LogP contribution is 2.29. The highest BCUT2D eigenvalue weighted by atomic mass is 16.5. The average molecular weight is 265 g/mol. The van der Waals surface area contributed by atoms with Crippen LogP contribution in [0.15, 0.2) is 23.4 Å².